The van der Waals surface area contributed by atoms with E-state index in [1.54, 1.807) is 0 Å². The third-order valence-corrected chi connectivity index (χ3v) is 4.38. The number of rotatable bonds is 1. The van der Waals surface area contributed by atoms with E-state index < -0.39 is 0 Å². The predicted octanol–water partition coefficient (Wildman–Crippen LogP) is 1.14. The number of nitrogens with zero attached hydrogens (tertiary/aromatic N) is 2. The van der Waals surface area contributed by atoms with Gasteiger partial charge in [-0.2, -0.15) is 0 Å². The van der Waals surface area contributed by atoms with Gasteiger partial charge in [-0.15, -0.1) is 0 Å². The molecule has 0 bridgehead atoms. The maximum absolute atomic E-state index is 6.23. The molecule has 3 heterocycles. The number of morpholine rings is 1. The van der Waals surface area contributed by atoms with E-state index in [1.165, 1.54) is 11.3 Å². The van der Waals surface area contributed by atoms with Crippen molar-refractivity contribution in [1.29, 1.82) is 0 Å². The maximum atomic E-state index is 6.23. The molecule has 0 aromatic heterocycles. The molecule has 4 rings (SSSR count). The Hall–Kier alpha value is -1.26. The van der Waals surface area contributed by atoms with E-state index in [4.69, 9.17) is 9.47 Å². The van der Waals surface area contributed by atoms with Crippen LogP contribution in [0.1, 0.15) is 5.56 Å². The second-order valence-corrected chi connectivity index (χ2v) is 6.03. The third kappa shape index (κ3) is 1.90. The van der Waals surface area contributed by atoms with E-state index >= 15 is 0 Å². The molecule has 0 unspecified atom stereocenters. The minimum absolute atomic E-state index is 0.0702. The van der Waals surface area contributed by atoms with Crippen LogP contribution in [0.3, 0.4) is 0 Å². The predicted molar refractivity (Wildman–Crippen MR) is 74.0 cm³/mol. The Kier molecular flexibility index (Phi) is 2.50. The summed E-state index contributed by atoms with van der Waals surface area (Å²) in [7, 11) is 2.15. The van der Waals surface area contributed by atoms with Crippen LogP contribution in [-0.4, -0.2) is 56.9 Å². The van der Waals surface area contributed by atoms with E-state index in [-0.39, 0.29) is 5.60 Å². The summed E-state index contributed by atoms with van der Waals surface area (Å²) in [4.78, 5) is 4.69. The zero-order valence-electron chi connectivity index (χ0n) is 11.4. The molecule has 0 amide bonds. The molecule has 102 valence electrons. The quantitative estimate of drug-likeness (QED) is 0.756. The molecule has 19 heavy (non-hydrogen) atoms. The minimum Gasteiger partial charge on any atom is -0.484 e. The van der Waals surface area contributed by atoms with Crippen molar-refractivity contribution in [3.63, 3.8) is 0 Å². The Morgan fingerprint density at radius 1 is 1.16 bits per heavy atom. The normalized spacial score (nSPS) is 25.0. The molecule has 1 aromatic carbocycles. The number of anilines is 1. The van der Waals surface area contributed by atoms with Crippen LogP contribution in [0.5, 0.6) is 5.75 Å². The van der Waals surface area contributed by atoms with Crippen LogP contribution < -0.4 is 9.64 Å². The summed E-state index contributed by atoms with van der Waals surface area (Å²) in [6.45, 7) is 5.71. The summed E-state index contributed by atoms with van der Waals surface area (Å²) in [6.07, 6.45) is 1.07. The first kappa shape index (κ1) is 11.6. The molecule has 0 radical (unpaired) electrons. The van der Waals surface area contributed by atoms with Crippen molar-refractivity contribution in [3.8, 4) is 5.75 Å². The standard InChI is InChI=1S/C15H20N2O2/c1-16-10-15(11-16)9-12-2-3-13(8-14(12)19-15)17-4-6-18-7-5-17/h2-3,8H,4-7,9-11H2,1H3. The van der Waals surface area contributed by atoms with Crippen molar-refractivity contribution in [2.75, 3.05) is 51.3 Å². The molecular weight excluding hydrogens is 240 g/mol. The van der Waals surface area contributed by atoms with Gasteiger partial charge in [0, 0.05) is 44.4 Å². The van der Waals surface area contributed by atoms with Crippen molar-refractivity contribution in [2.45, 2.75) is 12.0 Å². The van der Waals surface area contributed by atoms with E-state index in [0.717, 1.165) is 51.6 Å². The number of hydrogen-bond acceptors (Lipinski definition) is 4. The Labute approximate surface area is 113 Å². The Bertz CT molecular complexity index is 491. The molecule has 1 spiro atoms. The first-order chi connectivity index (χ1) is 9.24. The average molecular weight is 260 g/mol. The van der Waals surface area contributed by atoms with E-state index in [0.29, 0.717) is 0 Å². The minimum atomic E-state index is 0.0702. The van der Waals surface area contributed by atoms with Crippen molar-refractivity contribution >= 4 is 5.69 Å². The largest absolute Gasteiger partial charge is 0.484 e. The van der Waals surface area contributed by atoms with Crippen molar-refractivity contribution < 1.29 is 9.47 Å². The number of likely N-dealkylation sites (N-methyl/N-ethyl adjacent to an activating group) is 1. The zero-order chi connectivity index (χ0) is 12.9. The number of ether oxygens (including phenoxy) is 2. The highest BCUT2D eigenvalue weighted by Gasteiger charge is 2.47. The molecule has 4 nitrogen and oxygen atoms in total. The summed E-state index contributed by atoms with van der Waals surface area (Å²) in [5.41, 5.74) is 2.71. The van der Waals surface area contributed by atoms with Gasteiger partial charge in [0.2, 0.25) is 0 Å². The highest BCUT2D eigenvalue weighted by Crippen LogP contribution is 2.41. The summed E-state index contributed by atoms with van der Waals surface area (Å²) in [5, 5.41) is 0. The monoisotopic (exact) mass is 260 g/mol. The van der Waals surface area contributed by atoms with Crippen LogP contribution in [0, 0.1) is 0 Å². The first-order valence-corrected chi connectivity index (χ1v) is 7.07. The second-order valence-electron chi connectivity index (χ2n) is 6.03. The second kappa shape index (κ2) is 4.12. The fourth-order valence-electron chi connectivity index (χ4n) is 3.53. The van der Waals surface area contributed by atoms with Gasteiger partial charge in [0.15, 0.2) is 0 Å². The lowest BCUT2D eigenvalue weighted by Crippen LogP contribution is -2.62. The number of fused-ring (bicyclic) bond motifs is 1. The highest BCUT2D eigenvalue weighted by atomic mass is 16.5. The molecule has 4 heteroatoms. The first-order valence-electron chi connectivity index (χ1n) is 7.07. The molecule has 3 aliphatic rings. The Balaban J connectivity index is 1.56. The lowest BCUT2D eigenvalue weighted by molar-refractivity contribution is -0.0481. The lowest BCUT2D eigenvalue weighted by Gasteiger charge is -2.44. The summed E-state index contributed by atoms with van der Waals surface area (Å²) >= 11 is 0. The van der Waals surface area contributed by atoms with Crippen LogP contribution in [0.25, 0.3) is 0 Å². The topological polar surface area (TPSA) is 24.9 Å². The fraction of sp³-hybridized carbons (Fsp3) is 0.600. The van der Waals surface area contributed by atoms with Gasteiger partial charge in [-0.25, -0.2) is 0 Å². The van der Waals surface area contributed by atoms with Crippen LogP contribution in [0.2, 0.25) is 0 Å². The summed E-state index contributed by atoms with van der Waals surface area (Å²) < 4.78 is 11.6. The van der Waals surface area contributed by atoms with Crippen LogP contribution in [-0.2, 0) is 11.2 Å². The molecule has 1 aromatic rings. The van der Waals surface area contributed by atoms with Gasteiger partial charge in [-0.05, 0) is 18.7 Å². The molecule has 0 aliphatic carbocycles. The van der Waals surface area contributed by atoms with Crippen LogP contribution in [0.4, 0.5) is 5.69 Å². The third-order valence-electron chi connectivity index (χ3n) is 4.38. The number of likely N-dealkylation sites (tertiary alicyclic amines) is 1. The van der Waals surface area contributed by atoms with Crippen molar-refractivity contribution in [2.24, 2.45) is 0 Å². The molecule has 0 saturated carbocycles. The molecular formula is C15H20N2O2. The van der Waals surface area contributed by atoms with Gasteiger partial charge in [0.1, 0.15) is 11.4 Å². The SMILES string of the molecule is CN1CC2(Cc3ccc(N4CCOCC4)cc3O2)C1. The van der Waals surface area contributed by atoms with Gasteiger partial charge < -0.3 is 14.4 Å². The summed E-state index contributed by atoms with van der Waals surface area (Å²) in [5.74, 6) is 1.09. The van der Waals surface area contributed by atoms with Crippen molar-refractivity contribution in [1.82, 2.24) is 4.90 Å². The highest BCUT2D eigenvalue weighted by molar-refractivity contribution is 5.56. The fourth-order valence-corrected chi connectivity index (χ4v) is 3.53. The van der Waals surface area contributed by atoms with Gasteiger partial charge in [0.25, 0.3) is 0 Å². The molecule has 2 saturated heterocycles. The average Bonchev–Trinajstić information content (AvgIpc) is 2.77. The Morgan fingerprint density at radius 3 is 2.68 bits per heavy atom. The van der Waals surface area contributed by atoms with Gasteiger partial charge in [-0.3, -0.25) is 4.90 Å². The molecule has 2 fully saturated rings. The lowest BCUT2D eigenvalue weighted by atomic mass is 9.90. The molecule has 0 atom stereocenters. The van der Waals surface area contributed by atoms with E-state index in [9.17, 15) is 0 Å². The smallest absolute Gasteiger partial charge is 0.138 e. The molecule has 3 aliphatic heterocycles. The van der Waals surface area contributed by atoms with Crippen LogP contribution >= 0.6 is 0 Å². The van der Waals surface area contributed by atoms with Crippen LogP contribution in [0.15, 0.2) is 18.2 Å². The van der Waals surface area contributed by atoms with Gasteiger partial charge >= 0.3 is 0 Å². The number of hydrogen-bond donors (Lipinski definition) is 0. The van der Waals surface area contributed by atoms with Gasteiger partial charge in [0.05, 0.1) is 13.2 Å². The molecule has 0 N–H and O–H groups in total. The summed E-state index contributed by atoms with van der Waals surface area (Å²) in [6, 6.07) is 6.69. The Morgan fingerprint density at radius 2 is 1.95 bits per heavy atom. The van der Waals surface area contributed by atoms with Gasteiger partial charge in [-0.1, -0.05) is 6.07 Å². The number of benzene rings is 1. The van der Waals surface area contributed by atoms with Crippen molar-refractivity contribution in [3.05, 3.63) is 23.8 Å². The maximum Gasteiger partial charge on any atom is 0.138 e. The van der Waals surface area contributed by atoms with E-state index in [1.807, 2.05) is 0 Å². The zero-order valence-corrected chi connectivity index (χ0v) is 11.4. The van der Waals surface area contributed by atoms with E-state index in [2.05, 4.69) is 35.0 Å².